The van der Waals surface area contributed by atoms with E-state index >= 15 is 0 Å². The summed E-state index contributed by atoms with van der Waals surface area (Å²) in [4.78, 5) is 115. The van der Waals surface area contributed by atoms with Crippen molar-refractivity contribution in [2.75, 3.05) is 79.8 Å². The fourth-order valence-electron chi connectivity index (χ4n) is 13.0. The lowest BCUT2D eigenvalue weighted by Gasteiger charge is -2.42. The van der Waals surface area contributed by atoms with Gasteiger partial charge in [0.05, 0.1) is 62.6 Å². The minimum Gasteiger partial charge on any atom is -0.481 e. The number of esters is 1. The number of rotatable bonds is 26. The van der Waals surface area contributed by atoms with Crippen molar-refractivity contribution in [2.24, 2.45) is 5.92 Å². The number of carbonyl (C=O) groups excluding carboxylic acids is 7. The Hall–Kier alpha value is -8.76. The second kappa shape index (κ2) is 32.9. The number of amides is 6. The number of fused-ring (bicyclic) bond motifs is 9. The van der Waals surface area contributed by atoms with Gasteiger partial charge in [-0.25, -0.2) is 29.4 Å². The Bertz CT molecular complexity index is 3820. The molecular weight excluding hydrogens is 1300 g/mol. The van der Waals surface area contributed by atoms with Gasteiger partial charge in [-0.05, 0) is 98.2 Å². The quantitative estimate of drug-likeness (QED) is 0.0119. The number of likely N-dealkylation sites (N-methyl/N-ethyl adjacent to an activating group) is 1. The molecule has 4 bridgehead atoms. The van der Waals surface area contributed by atoms with E-state index in [-0.39, 0.29) is 90.7 Å². The van der Waals surface area contributed by atoms with Crippen LogP contribution < -0.4 is 20.9 Å². The minimum absolute atomic E-state index is 0.0134. The molecule has 99 heavy (non-hydrogen) atoms. The first-order valence-corrected chi connectivity index (χ1v) is 33.5. The van der Waals surface area contributed by atoms with E-state index in [1.54, 1.807) is 64.4 Å². The topological polar surface area (TPSA) is 312 Å². The van der Waals surface area contributed by atoms with Crippen LogP contribution in [0.5, 0.6) is 0 Å². The summed E-state index contributed by atoms with van der Waals surface area (Å²) in [7, 11) is 7.81. The number of hydrazine groups is 1. The van der Waals surface area contributed by atoms with Gasteiger partial charge in [0, 0.05) is 96.8 Å². The Kier molecular flexibility index (Phi) is 24.8. The van der Waals surface area contributed by atoms with Crippen molar-refractivity contribution in [3.63, 3.8) is 0 Å². The third kappa shape index (κ3) is 18.0. The molecule has 0 radical (unpaired) electrons. The smallest absolute Gasteiger partial charge is 0.424 e. The third-order valence-electron chi connectivity index (χ3n) is 19.0. The average molecular weight is 1390 g/mol. The molecule has 5 heterocycles. The highest BCUT2D eigenvalue weighted by molar-refractivity contribution is 6.34. The normalized spacial score (nSPS) is 22.9. The van der Waals surface area contributed by atoms with Crippen molar-refractivity contribution in [3.8, 4) is 11.1 Å². The van der Waals surface area contributed by atoms with Crippen LogP contribution in [0.3, 0.4) is 0 Å². The van der Waals surface area contributed by atoms with Gasteiger partial charge in [-0.15, -0.1) is 0 Å². The summed E-state index contributed by atoms with van der Waals surface area (Å²) in [5, 5.41) is 33.6. The molecule has 2 aromatic heterocycles. The zero-order chi connectivity index (χ0) is 71.5. The van der Waals surface area contributed by atoms with Crippen LogP contribution >= 0.6 is 11.6 Å². The number of pyridine rings is 1. The van der Waals surface area contributed by atoms with Crippen LogP contribution in [0, 0.1) is 12.8 Å². The predicted octanol–water partition coefficient (Wildman–Crippen LogP) is 7.37. The van der Waals surface area contributed by atoms with E-state index in [9.17, 15) is 48.6 Å². The number of ether oxygens (including phenoxy) is 7. The van der Waals surface area contributed by atoms with E-state index in [4.69, 9.17) is 44.8 Å². The number of nitrogens with one attached hydrogen (secondary N) is 3. The largest absolute Gasteiger partial charge is 0.481 e. The lowest BCUT2D eigenvalue weighted by Crippen LogP contribution is -2.63. The Morgan fingerprint density at radius 1 is 0.919 bits per heavy atom. The number of halogens is 1. The molecule has 2 saturated heterocycles. The Labute approximate surface area is 580 Å². The lowest BCUT2D eigenvalue weighted by molar-refractivity contribution is -0.162. The van der Waals surface area contributed by atoms with E-state index in [0.717, 1.165) is 50.0 Å². The van der Waals surface area contributed by atoms with Crippen LogP contribution in [-0.2, 0) is 81.4 Å². The summed E-state index contributed by atoms with van der Waals surface area (Å²) in [5.41, 5.74) is 5.57. The molecule has 1 unspecified atom stereocenters. The number of hydrogen-bond acceptors (Lipinski definition) is 18. The maximum absolute atomic E-state index is 14.4. The van der Waals surface area contributed by atoms with Gasteiger partial charge in [-0.2, -0.15) is 0 Å². The molecule has 5 N–H and O–H groups in total. The summed E-state index contributed by atoms with van der Waals surface area (Å²) in [5.74, 6) is -4.71. The molecule has 27 heteroatoms. The number of alkyl carbamates (subject to hydrolysis) is 1. The summed E-state index contributed by atoms with van der Waals surface area (Å²) < 4.78 is 43.0. The number of methoxy groups -OCH3 is 1. The molecule has 3 aliphatic heterocycles. The van der Waals surface area contributed by atoms with E-state index < -0.39 is 108 Å². The maximum atomic E-state index is 14.4. The molecule has 9 atom stereocenters. The number of epoxide rings is 1. The molecule has 532 valence electrons. The Balaban J connectivity index is 0.722. The van der Waals surface area contributed by atoms with Gasteiger partial charge in [0.15, 0.2) is 5.72 Å². The molecule has 1 aliphatic carbocycles. The van der Waals surface area contributed by atoms with Crippen molar-refractivity contribution in [1.29, 1.82) is 0 Å². The first-order valence-electron chi connectivity index (χ1n) is 33.2. The number of carboxylic acids is 1. The number of aryl methyl sites for hydroxylation is 2. The van der Waals surface area contributed by atoms with Crippen LogP contribution in [0.2, 0.25) is 5.02 Å². The predicted molar refractivity (Wildman–Crippen MR) is 366 cm³/mol. The van der Waals surface area contributed by atoms with Crippen molar-refractivity contribution in [3.05, 3.63) is 142 Å². The molecule has 2 fully saturated rings. The first kappa shape index (κ1) is 74.5. The van der Waals surface area contributed by atoms with E-state index in [1.807, 2.05) is 73.0 Å². The molecule has 0 spiro atoms. The van der Waals surface area contributed by atoms with Crippen molar-refractivity contribution >= 4 is 76.1 Å². The number of aliphatic carboxylic acids is 1. The van der Waals surface area contributed by atoms with Gasteiger partial charge >= 0.3 is 24.1 Å². The zero-order valence-electron chi connectivity index (χ0n) is 57.6. The molecular formula is C72H90ClN9O17. The number of anilines is 1. The number of carbonyl (C=O) groups is 8. The number of aromatic nitrogens is 2. The number of aliphatic hydroxyl groups is 1. The average Bonchev–Trinajstić information content (AvgIpc) is 1.58. The van der Waals surface area contributed by atoms with Gasteiger partial charge in [0.1, 0.15) is 48.3 Å². The monoisotopic (exact) mass is 1390 g/mol. The number of hydrogen-bond donors (Lipinski definition) is 5. The highest BCUT2D eigenvalue weighted by atomic mass is 35.5. The van der Waals surface area contributed by atoms with Gasteiger partial charge in [0.2, 0.25) is 23.6 Å². The first-order chi connectivity index (χ1) is 47.2. The SMILES string of the molecule is CO[C@@H]1/C=C/C=C(\C)Cc2cc(C)c(Cl)c(c2)N(C)C(=O)C[C@H](OC(=O)[C@H](C)N(C)C(=O)CCOCCOCCNC(=O)[C@H](CCC(=O)O)NC(=O)CCn2c(CN(C)N(C)C(=O)OCC3c4ccccc4-c4ccccc43)cc3cccnc32)[C@]2(C)OC2[C@H](C)[C@@H]2C[C@]1(O)NC(=O)O2. The third-order valence-corrected chi connectivity index (χ3v) is 19.5. The lowest BCUT2D eigenvalue weighted by atomic mass is 9.83. The van der Waals surface area contributed by atoms with Crippen LogP contribution in [0.1, 0.15) is 100 Å². The van der Waals surface area contributed by atoms with E-state index in [0.29, 0.717) is 22.8 Å². The fourth-order valence-corrected chi connectivity index (χ4v) is 13.2. The molecule has 3 aromatic carbocycles. The van der Waals surface area contributed by atoms with Gasteiger partial charge in [-0.3, -0.25) is 29.3 Å². The van der Waals surface area contributed by atoms with E-state index in [2.05, 4.69) is 45.2 Å². The van der Waals surface area contributed by atoms with Crippen LogP contribution in [0.15, 0.2) is 109 Å². The molecule has 9 rings (SSSR count). The fraction of sp³-hybridized carbons (Fsp3) is 0.486. The molecule has 0 saturated carbocycles. The van der Waals surface area contributed by atoms with Gasteiger partial charge in [0.25, 0.3) is 0 Å². The zero-order valence-corrected chi connectivity index (χ0v) is 58.4. The van der Waals surface area contributed by atoms with Crippen LogP contribution in [0.4, 0.5) is 15.3 Å². The van der Waals surface area contributed by atoms with Crippen molar-refractivity contribution in [1.82, 2.24) is 40.4 Å². The second-order valence-corrected chi connectivity index (χ2v) is 26.3. The van der Waals surface area contributed by atoms with Gasteiger partial charge < -0.3 is 68.4 Å². The van der Waals surface area contributed by atoms with Crippen molar-refractivity contribution in [2.45, 2.75) is 146 Å². The van der Waals surface area contributed by atoms with Crippen LogP contribution in [-0.4, -0.2) is 205 Å². The molecule has 4 aliphatic rings. The van der Waals surface area contributed by atoms with E-state index in [1.165, 1.54) is 35.9 Å². The number of carboxylic acid groups (broad SMARTS) is 1. The molecule has 6 amide bonds. The summed E-state index contributed by atoms with van der Waals surface area (Å²) in [6.45, 7) is 9.38. The van der Waals surface area contributed by atoms with Gasteiger partial charge in [-0.1, -0.05) is 96.9 Å². The highest BCUT2D eigenvalue weighted by Crippen LogP contribution is 2.50. The molecule has 26 nitrogen and oxygen atoms in total. The summed E-state index contributed by atoms with van der Waals surface area (Å²) in [6, 6.07) is 23.2. The van der Waals surface area contributed by atoms with Crippen LogP contribution in [0.25, 0.3) is 22.2 Å². The number of allylic oxidation sites excluding steroid dienone is 3. The summed E-state index contributed by atoms with van der Waals surface area (Å²) >= 11 is 6.85. The summed E-state index contributed by atoms with van der Waals surface area (Å²) in [6.07, 6.45) is 0.833. The highest BCUT2D eigenvalue weighted by Gasteiger charge is 2.64. The number of nitrogens with zero attached hydrogens (tertiary/aromatic N) is 6. The Morgan fingerprint density at radius 3 is 2.31 bits per heavy atom. The number of benzene rings is 3. The second-order valence-electron chi connectivity index (χ2n) is 25.9. The Morgan fingerprint density at radius 2 is 1.62 bits per heavy atom. The standard InChI is InChI=1S/C72H90ClN9O17/c1-43-17-15-23-58(93-10)72(92)40-57(97-69(90)77-72)45(3)65-71(5,99-65)59(39-62(85)80(8)56-37-47(35-43)36-44(2)64(56)73)98-68(89)46(4)79(7)61(84)27-31-94-33-34-95-32-29-75-67(88)55(24-25-63(86)87)76-60(83)26-30-82-49(38-48-18-16-28-74-66(48)82)41-78(6)81(9)70(91)96-42-54-52-21-13-11-19-50(52)51-20-12-14-22-53(51)54/h11-23,28,36-38,45-46,54-55,57-59,65,92H,24-27,29-35,39-42H2,1-10H3,(H,75,88)(H,76,83)(H,77,90)(H,86,87)/b23-15+,43-17+/t45-,46+,55+,57+,58-,59+,65?,71+,72-/m1/s1. The maximum Gasteiger partial charge on any atom is 0.424 e. The van der Waals surface area contributed by atoms with Crippen molar-refractivity contribution < 1.29 is 81.7 Å². The molecule has 5 aromatic rings. The minimum atomic E-state index is -1.88.